The van der Waals surface area contributed by atoms with E-state index in [0.717, 1.165) is 47.9 Å². The number of alkyl halides is 2. The molecule has 3 nitrogen and oxygen atoms in total. The van der Waals surface area contributed by atoms with Crippen molar-refractivity contribution >= 4 is 48.1 Å². The Bertz CT molecular complexity index is 2020. The Balaban J connectivity index is 0.000000327. The van der Waals surface area contributed by atoms with E-state index in [1.807, 2.05) is 25.3 Å². The number of pyridine rings is 1. The summed E-state index contributed by atoms with van der Waals surface area (Å²) < 4.78 is 27.9. The molecule has 0 aliphatic rings. The van der Waals surface area contributed by atoms with Gasteiger partial charge in [-0.2, -0.15) is 0 Å². The Labute approximate surface area is 334 Å². The maximum atomic E-state index is 12.8. The van der Waals surface area contributed by atoms with Gasteiger partial charge in [-0.05, 0) is 65.0 Å². The van der Waals surface area contributed by atoms with Crippen molar-refractivity contribution in [2.45, 2.75) is 108 Å². The molecule has 2 aromatic heterocycles. The van der Waals surface area contributed by atoms with Crippen molar-refractivity contribution in [2.24, 2.45) is 35.5 Å². The summed E-state index contributed by atoms with van der Waals surface area (Å²) >= 11 is 1.71. The number of carbonyl (C=O) groups is 1. The van der Waals surface area contributed by atoms with Crippen LogP contribution < -0.4 is 0 Å². The third-order valence-electron chi connectivity index (χ3n) is 10.2. The van der Waals surface area contributed by atoms with E-state index >= 15 is 0 Å². The van der Waals surface area contributed by atoms with E-state index in [-0.39, 0.29) is 55.3 Å². The van der Waals surface area contributed by atoms with Gasteiger partial charge in [-0.25, -0.2) is 8.78 Å². The molecule has 5 aromatic rings. The van der Waals surface area contributed by atoms with Gasteiger partial charge < -0.3 is 5.11 Å². The molecule has 7 heteroatoms. The molecule has 53 heavy (non-hydrogen) atoms. The number of ketones is 1. The number of hydrogen-bond donors (Lipinski definition) is 1. The number of carbonyl (C=O) groups excluding carboxylic acids is 1. The second-order valence-electron chi connectivity index (χ2n) is 16.7. The number of aliphatic hydroxyl groups is 1. The van der Waals surface area contributed by atoms with Crippen LogP contribution in [0.1, 0.15) is 99.3 Å². The number of aromatic nitrogens is 1. The molecular formula is C46H58F2IrNO2S-. The van der Waals surface area contributed by atoms with Gasteiger partial charge in [0.15, 0.2) is 5.78 Å². The molecule has 0 aliphatic heterocycles. The number of aliphatic hydroxyl groups excluding tert-OH is 1. The number of halogens is 2. The van der Waals surface area contributed by atoms with Gasteiger partial charge in [0.05, 0.1) is 5.76 Å². The van der Waals surface area contributed by atoms with E-state index in [1.54, 1.807) is 11.3 Å². The van der Waals surface area contributed by atoms with Crippen LogP contribution in [0.25, 0.3) is 42.2 Å². The van der Waals surface area contributed by atoms with Gasteiger partial charge in [0.25, 0.3) is 0 Å². The maximum Gasteiger partial charge on any atom is 0.239 e. The van der Waals surface area contributed by atoms with Crippen molar-refractivity contribution in [1.29, 1.82) is 0 Å². The summed E-state index contributed by atoms with van der Waals surface area (Å²) in [5.74, 6) is 1.63. The molecule has 0 saturated carbocycles. The summed E-state index contributed by atoms with van der Waals surface area (Å²) in [7, 11) is 0. The monoisotopic (exact) mass is 919 g/mol. The zero-order valence-corrected chi connectivity index (χ0v) is 36.7. The van der Waals surface area contributed by atoms with E-state index in [1.165, 1.54) is 17.0 Å². The first-order chi connectivity index (χ1) is 24.3. The molecule has 3 aromatic carbocycles. The fraction of sp³-hybridized carbons (Fsp3) is 0.478. The van der Waals surface area contributed by atoms with E-state index in [2.05, 4.69) is 119 Å². The quantitative estimate of drug-likeness (QED) is 0.0816. The number of benzene rings is 3. The number of rotatable bonds is 11. The predicted octanol–water partition coefficient (Wildman–Crippen LogP) is 13.7. The Hall–Kier alpha value is -2.99. The molecule has 0 bridgehead atoms. The summed E-state index contributed by atoms with van der Waals surface area (Å²) in [4.78, 5) is 17.1. The molecule has 5 rings (SSSR count). The second-order valence-corrected chi connectivity index (χ2v) is 17.7. The van der Waals surface area contributed by atoms with Crippen LogP contribution in [0.15, 0.2) is 66.6 Å². The summed E-state index contributed by atoms with van der Waals surface area (Å²) in [5, 5.41) is 14.9. The first kappa shape index (κ1) is 44.4. The summed E-state index contributed by atoms with van der Waals surface area (Å²) in [6.07, 6.45) is 1.36. The topological polar surface area (TPSA) is 50.2 Å². The summed E-state index contributed by atoms with van der Waals surface area (Å²) in [6, 6.07) is 20.4. The molecule has 0 atom stereocenters. The van der Waals surface area contributed by atoms with Crippen LogP contribution in [-0.4, -0.2) is 22.3 Å². The number of allylic oxidation sites excluding steroid dienone is 2. The van der Waals surface area contributed by atoms with Crippen LogP contribution in [-0.2, 0) is 36.7 Å². The van der Waals surface area contributed by atoms with Crippen LogP contribution in [0.4, 0.5) is 8.78 Å². The van der Waals surface area contributed by atoms with E-state index < -0.39 is 6.43 Å². The number of nitrogens with zero attached hydrogens (tertiary/aromatic N) is 1. The minimum Gasteiger partial charge on any atom is -0.512 e. The number of hydrogen-bond acceptors (Lipinski definition) is 4. The maximum absolute atomic E-state index is 12.8. The average Bonchev–Trinajstić information content (AvgIpc) is 3.42. The third-order valence-corrected chi connectivity index (χ3v) is 11.6. The van der Waals surface area contributed by atoms with Crippen molar-refractivity contribution in [3.05, 3.63) is 89.3 Å². The van der Waals surface area contributed by atoms with Gasteiger partial charge in [0, 0.05) is 71.1 Å². The smallest absolute Gasteiger partial charge is 0.239 e. The number of fused-ring (bicyclic) bond motifs is 4. The fourth-order valence-electron chi connectivity index (χ4n) is 7.87. The molecule has 0 fully saturated rings. The van der Waals surface area contributed by atoms with Crippen LogP contribution in [0, 0.1) is 48.5 Å². The van der Waals surface area contributed by atoms with Crippen LogP contribution in [0.2, 0.25) is 0 Å². The van der Waals surface area contributed by atoms with Crippen molar-refractivity contribution in [3.63, 3.8) is 0 Å². The average molecular weight is 919 g/mol. The molecule has 1 N–H and O–H groups in total. The SMILES string of the molecule is CC(C)C(C(=O)/C=C(\O)C(C(C)C)C(C)C)C(C)C.Cc1c(CCC(F)F)ccc2c1sc1c(-c3[c-]c4ccccc4c(C(C)(C)C)c3)nccc12.[Ir]. The molecule has 0 spiro atoms. The van der Waals surface area contributed by atoms with Crippen LogP contribution in [0.3, 0.4) is 0 Å². The van der Waals surface area contributed by atoms with Gasteiger partial charge in [0.2, 0.25) is 6.43 Å². The van der Waals surface area contributed by atoms with Crippen molar-refractivity contribution in [2.75, 3.05) is 0 Å². The molecular weight excluding hydrogens is 861 g/mol. The summed E-state index contributed by atoms with van der Waals surface area (Å²) in [6.45, 7) is 25.3. The summed E-state index contributed by atoms with van der Waals surface area (Å²) in [5.41, 5.74) is 5.27. The van der Waals surface area contributed by atoms with Crippen molar-refractivity contribution in [3.8, 4) is 11.3 Å². The zero-order valence-electron chi connectivity index (χ0n) is 33.5. The van der Waals surface area contributed by atoms with Crippen molar-refractivity contribution in [1.82, 2.24) is 4.98 Å². The predicted molar refractivity (Wildman–Crippen MR) is 219 cm³/mol. The Kier molecular flexibility index (Phi) is 15.6. The zero-order chi connectivity index (χ0) is 38.7. The third kappa shape index (κ3) is 10.4. The largest absolute Gasteiger partial charge is 0.512 e. The van der Waals surface area contributed by atoms with E-state index in [4.69, 9.17) is 4.98 Å². The van der Waals surface area contributed by atoms with E-state index in [0.29, 0.717) is 30.1 Å². The van der Waals surface area contributed by atoms with E-state index in [9.17, 15) is 18.7 Å². The minimum absolute atomic E-state index is 0. The molecule has 0 amide bonds. The first-order valence-corrected chi connectivity index (χ1v) is 19.6. The van der Waals surface area contributed by atoms with Crippen molar-refractivity contribution < 1.29 is 38.8 Å². The molecule has 0 aliphatic carbocycles. The standard InChI is InChI=1S/C29H26F2NS.C17H32O2.Ir/c1-17-18(10-12-25(30)31)9-11-22-23-13-14-32-26(28(23)33-27(17)22)20-15-19-7-5-6-8-21(19)24(16-20)29(2,3)4;1-10(2)16(11(3)4)14(18)9-15(19)17(12(5)6)13(7)8;/h5-9,11,13-14,16,25H,10,12H2,1-4H3;9-13,16-18H,1-8H3;/q-1;;/b;14-9-;. The fourth-order valence-corrected chi connectivity index (χ4v) is 9.19. The van der Waals surface area contributed by atoms with Gasteiger partial charge in [-0.1, -0.05) is 117 Å². The molecule has 0 unspecified atom stereocenters. The van der Waals surface area contributed by atoms with Gasteiger partial charge in [-0.3, -0.25) is 9.78 Å². The normalized spacial score (nSPS) is 12.7. The molecule has 2 heterocycles. The Morgan fingerprint density at radius 3 is 2.00 bits per heavy atom. The number of thiophene rings is 1. The second kappa shape index (κ2) is 18.6. The Morgan fingerprint density at radius 1 is 0.849 bits per heavy atom. The van der Waals surface area contributed by atoms with Crippen LogP contribution >= 0.6 is 11.3 Å². The van der Waals surface area contributed by atoms with Gasteiger partial charge in [0.1, 0.15) is 0 Å². The minimum atomic E-state index is -2.28. The Morgan fingerprint density at radius 2 is 1.43 bits per heavy atom. The van der Waals surface area contributed by atoms with Crippen LogP contribution in [0.5, 0.6) is 0 Å². The first-order valence-electron chi connectivity index (χ1n) is 18.8. The van der Waals surface area contributed by atoms with Gasteiger partial charge >= 0.3 is 0 Å². The molecule has 1 radical (unpaired) electrons. The molecule has 0 saturated heterocycles. The number of aryl methyl sites for hydroxylation is 2. The molecule has 289 valence electrons. The van der Waals surface area contributed by atoms with Gasteiger partial charge in [-0.15, -0.1) is 40.5 Å².